The Labute approximate surface area is 152 Å². The van der Waals surface area contributed by atoms with Crippen molar-refractivity contribution in [3.05, 3.63) is 53.9 Å². The van der Waals surface area contributed by atoms with Crippen LogP contribution in [0.2, 0.25) is 0 Å². The third-order valence-electron chi connectivity index (χ3n) is 4.74. The van der Waals surface area contributed by atoms with Crippen LogP contribution >= 0.6 is 0 Å². The van der Waals surface area contributed by atoms with Crippen molar-refractivity contribution in [1.29, 1.82) is 0 Å². The first-order valence-electron chi connectivity index (χ1n) is 9.03. The van der Waals surface area contributed by atoms with Crippen molar-refractivity contribution in [1.82, 2.24) is 20.1 Å². The van der Waals surface area contributed by atoms with Crippen molar-refractivity contribution in [2.75, 3.05) is 13.2 Å². The number of nitrogens with one attached hydrogen (secondary N) is 1. The van der Waals surface area contributed by atoms with E-state index in [0.29, 0.717) is 17.9 Å². The van der Waals surface area contributed by atoms with Gasteiger partial charge in [-0.2, -0.15) is 5.10 Å². The van der Waals surface area contributed by atoms with E-state index in [0.717, 1.165) is 42.6 Å². The molecule has 6 heteroatoms. The lowest BCUT2D eigenvalue weighted by Gasteiger charge is -2.15. The molecule has 0 bridgehead atoms. The molecule has 1 aliphatic heterocycles. The van der Waals surface area contributed by atoms with E-state index in [4.69, 9.17) is 4.74 Å². The van der Waals surface area contributed by atoms with Crippen LogP contribution in [0.25, 0.3) is 16.7 Å². The van der Waals surface area contributed by atoms with Crippen molar-refractivity contribution in [3.8, 4) is 5.69 Å². The first-order valence-corrected chi connectivity index (χ1v) is 9.03. The predicted molar refractivity (Wildman–Crippen MR) is 99.5 cm³/mol. The number of hydrogen-bond acceptors (Lipinski definition) is 4. The zero-order valence-electron chi connectivity index (χ0n) is 14.8. The van der Waals surface area contributed by atoms with E-state index < -0.39 is 0 Å². The SMILES string of the molecule is Cc1nn(-c2ccccc2)c2nc(C(=O)N[C@H]3CCCOCC3)ccc12. The number of ether oxygens (including phenoxy) is 1. The fourth-order valence-corrected chi connectivity index (χ4v) is 3.33. The topological polar surface area (TPSA) is 69.0 Å². The van der Waals surface area contributed by atoms with Crippen LogP contribution in [0.3, 0.4) is 0 Å². The van der Waals surface area contributed by atoms with Crippen molar-refractivity contribution >= 4 is 16.9 Å². The second-order valence-corrected chi connectivity index (χ2v) is 6.61. The van der Waals surface area contributed by atoms with Crippen LogP contribution in [0.15, 0.2) is 42.5 Å². The number of aromatic nitrogens is 3. The number of pyridine rings is 1. The summed E-state index contributed by atoms with van der Waals surface area (Å²) in [7, 11) is 0. The van der Waals surface area contributed by atoms with Gasteiger partial charge >= 0.3 is 0 Å². The molecule has 0 unspecified atom stereocenters. The summed E-state index contributed by atoms with van der Waals surface area (Å²) in [6.45, 7) is 3.41. The lowest BCUT2D eigenvalue weighted by molar-refractivity contribution is 0.0925. The molecule has 1 amide bonds. The lowest BCUT2D eigenvalue weighted by atomic mass is 10.1. The number of carbonyl (C=O) groups excluding carboxylic acids is 1. The Kier molecular flexibility index (Phi) is 4.67. The van der Waals surface area contributed by atoms with Gasteiger partial charge in [0.05, 0.1) is 11.4 Å². The summed E-state index contributed by atoms with van der Waals surface area (Å²) in [6, 6.07) is 13.7. The average Bonchev–Trinajstić information content (AvgIpc) is 2.83. The van der Waals surface area contributed by atoms with E-state index in [1.807, 2.05) is 43.3 Å². The molecular weight excluding hydrogens is 328 g/mol. The Bertz CT molecular complexity index is 912. The zero-order valence-corrected chi connectivity index (χ0v) is 14.8. The Morgan fingerprint density at radius 1 is 1.15 bits per heavy atom. The number of aryl methyl sites for hydroxylation is 1. The highest BCUT2D eigenvalue weighted by Gasteiger charge is 2.18. The number of carbonyl (C=O) groups is 1. The van der Waals surface area contributed by atoms with Crippen LogP contribution in [-0.4, -0.2) is 39.9 Å². The van der Waals surface area contributed by atoms with Crippen molar-refractivity contribution in [3.63, 3.8) is 0 Å². The Balaban J connectivity index is 1.65. The molecular formula is C20H22N4O2. The number of benzene rings is 1. The molecule has 3 aromatic rings. The number of hydrogen-bond donors (Lipinski definition) is 1. The molecule has 1 saturated heterocycles. The third kappa shape index (κ3) is 3.32. The second-order valence-electron chi connectivity index (χ2n) is 6.61. The van der Waals surface area contributed by atoms with Gasteiger partial charge in [-0.1, -0.05) is 18.2 Å². The van der Waals surface area contributed by atoms with Crippen LogP contribution in [0.5, 0.6) is 0 Å². The normalized spacial score (nSPS) is 17.8. The number of fused-ring (bicyclic) bond motifs is 1. The van der Waals surface area contributed by atoms with E-state index in [-0.39, 0.29) is 11.9 Å². The smallest absolute Gasteiger partial charge is 0.270 e. The van der Waals surface area contributed by atoms with Crippen molar-refractivity contribution in [2.24, 2.45) is 0 Å². The fraction of sp³-hybridized carbons (Fsp3) is 0.350. The van der Waals surface area contributed by atoms with Gasteiger partial charge in [0.2, 0.25) is 0 Å². The molecule has 26 heavy (non-hydrogen) atoms. The molecule has 1 N–H and O–H groups in total. The van der Waals surface area contributed by atoms with E-state index in [9.17, 15) is 4.79 Å². The lowest BCUT2D eigenvalue weighted by Crippen LogP contribution is -2.35. The van der Waals surface area contributed by atoms with Gasteiger partial charge in [0, 0.05) is 24.6 Å². The molecule has 1 atom stereocenters. The first-order chi connectivity index (χ1) is 12.7. The van der Waals surface area contributed by atoms with Crippen molar-refractivity contribution < 1.29 is 9.53 Å². The number of rotatable bonds is 3. The van der Waals surface area contributed by atoms with E-state index in [2.05, 4.69) is 15.4 Å². The van der Waals surface area contributed by atoms with E-state index in [1.54, 1.807) is 10.7 Å². The summed E-state index contributed by atoms with van der Waals surface area (Å²) >= 11 is 0. The number of para-hydroxylation sites is 1. The molecule has 1 fully saturated rings. The molecule has 1 aromatic carbocycles. The summed E-state index contributed by atoms with van der Waals surface area (Å²) < 4.78 is 7.25. The average molecular weight is 350 g/mol. The minimum absolute atomic E-state index is 0.141. The van der Waals surface area contributed by atoms with Crippen LogP contribution in [-0.2, 0) is 4.74 Å². The molecule has 0 saturated carbocycles. The molecule has 1 aliphatic rings. The van der Waals surface area contributed by atoms with Gasteiger partial charge in [0.1, 0.15) is 5.69 Å². The van der Waals surface area contributed by atoms with Gasteiger partial charge in [0.15, 0.2) is 5.65 Å². The summed E-state index contributed by atoms with van der Waals surface area (Å²) in [4.78, 5) is 17.3. The van der Waals surface area contributed by atoms with Crippen LogP contribution in [0, 0.1) is 6.92 Å². The largest absolute Gasteiger partial charge is 0.381 e. The monoisotopic (exact) mass is 350 g/mol. The third-order valence-corrected chi connectivity index (χ3v) is 4.74. The molecule has 0 aliphatic carbocycles. The maximum Gasteiger partial charge on any atom is 0.270 e. The Morgan fingerprint density at radius 2 is 2.00 bits per heavy atom. The first kappa shape index (κ1) is 16.7. The highest BCUT2D eigenvalue weighted by molar-refractivity contribution is 5.95. The Morgan fingerprint density at radius 3 is 2.85 bits per heavy atom. The standard InChI is InChI=1S/C20H22N4O2/c1-14-17-9-10-18(20(25)21-15-6-5-12-26-13-11-15)22-19(17)24(23-14)16-7-3-2-4-8-16/h2-4,7-10,15H,5-6,11-13H2,1H3,(H,21,25)/t15-/m0/s1. The van der Waals surface area contributed by atoms with Gasteiger partial charge in [-0.3, -0.25) is 4.79 Å². The highest BCUT2D eigenvalue weighted by atomic mass is 16.5. The van der Waals surface area contributed by atoms with Gasteiger partial charge < -0.3 is 10.1 Å². The highest BCUT2D eigenvalue weighted by Crippen LogP contribution is 2.20. The van der Waals surface area contributed by atoms with Gasteiger partial charge in [-0.25, -0.2) is 9.67 Å². The number of amides is 1. The minimum Gasteiger partial charge on any atom is -0.381 e. The zero-order chi connectivity index (χ0) is 17.9. The molecule has 3 heterocycles. The summed E-state index contributed by atoms with van der Waals surface area (Å²) in [6.07, 6.45) is 2.75. The molecule has 0 spiro atoms. The van der Waals surface area contributed by atoms with Crippen LogP contribution < -0.4 is 5.32 Å². The van der Waals surface area contributed by atoms with E-state index >= 15 is 0 Å². The quantitative estimate of drug-likeness (QED) is 0.788. The van der Waals surface area contributed by atoms with Gasteiger partial charge in [0.25, 0.3) is 5.91 Å². The summed E-state index contributed by atoms with van der Waals surface area (Å²) in [5, 5.41) is 8.64. The Hall–Kier alpha value is -2.73. The fourth-order valence-electron chi connectivity index (χ4n) is 3.33. The molecule has 4 rings (SSSR count). The van der Waals surface area contributed by atoms with Crippen LogP contribution in [0.4, 0.5) is 0 Å². The maximum atomic E-state index is 12.7. The van der Waals surface area contributed by atoms with Gasteiger partial charge in [-0.15, -0.1) is 0 Å². The second kappa shape index (κ2) is 7.25. The molecule has 6 nitrogen and oxygen atoms in total. The van der Waals surface area contributed by atoms with E-state index in [1.165, 1.54) is 0 Å². The summed E-state index contributed by atoms with van der Waals surface area (Å²) in [5.41, 5.74) is 2.94. The summed E-state index contributed by atoms with van der Waals surface area (Å²) in [5.74, 6) is -0.141. The molecule has 134 valence electrons. The minimum atomic E-state index is -0.141. The van der Waals surface area contributed by atoms with Crippen LogP contribution in [0.1, 0.15) is 35.4 Å². The maximum absolute atomic E-state index is 12.7. The molecule has 2 aromatic heterocycles. The van der Waals surface area contributed by atoms with Crippen molar-refractivity contribution in [2.45, 2.75) is 32.2 Å². The predicted octanol–water partition coefficient (Wildman–Crippen LogP) is 3.03. The van der Waals surface area contributed by atoms with Gasteiger partial charge in [-0.05, 0) is 50.5 Å². The number of nitrogens with zero attached hydrogens (tertiary/aromatic N) is 3. The molecule has 0 radical (unpaired) electrons.